The fourth-order valence-electron chi connectivity index (χ4n) is 3.33. The van der Waals surface area contributed by atoms with Crippen molar-refractivity contribution in [3.63, 3.8) is 0 Å². The third-order valence-electron chi connectivity index (χ3n) is 5.06. The first-order chi connectivity index (χ1) is 15.5. The predicted octanol–water partition coefficient (Wildman–Crippen LogP) is 3.06. The molecule has 0 radical (unpaired) electrons. The van der Waals surface area contributed by atoms with Crippen molar-refractivity contribution < 1.29 is 26.8 Å². The lowest BCUT2D eigenvalue weighted by Gasteiger charge is -2.29. The summed E-state index contributed by atoms with van der Waals surface area (Å²) in [6, 6.07) is 10.3. The van der Waals surface area contributed by atoms with Gasteiger partial charge in [-0.05, 0) is 50.1 Å². The number of rotatable bonds is 11. The summed E-state index contributed by atoms with van der Waals surface area (Å²) in [6.07, 6.45) is 1.02. The molecule has 1 atom stereocenters. The van der Waals surface area contributed by atoms with Crippen molar-refractivity contribution in [2.45, 2.75) is 39.3 Å². The number of amides is 2. The molecule has 0 bridgehead atoms. The van der Waals surface area contributed by atoms with Crippen LogP contribution >= 0.6 is 0 Å². The Morgan fingerprint density at radius 1 is 1.06 bits per heavy atom. The molecule has 2 amide bonds. The highest BCUT2D eigenvalue weighted by Crippen LogP contribution is 2.22. The quantitative estimate of drug-likeness (QED) is 0.535. The van der Waals surface area contributed by atoms with Crippen LogP contribution in [0.15, 0.2) is 48.5 Å². The number of sulfonamides is 1. The summed E-state index contributed by atoms with van der Waals surface area (Å²) < 4.78 is 52.8. The second-order valence-electron chi connectivity index (χ2n) is 7.61. The molecule has 0 aliphatic rings. The van der Waals surface area contributed by atoms with Gasteiger partial charge in [-0.25, -0.2) is 17.2 Å². The van der Waals surface area contributed by atoms with Gasteiger partial charge < -0.3 is 10.2 Å². The number of benzene rings is 2. The number of nitrogens with one attached hydrogen (secondary N) is 1. The first-order valence-corrected chi connectivity index (χ1v) is 12.4. The maximum absolute atomic E-state index is 14.2. The molecule has 2 aromatic carbocycles. The second-order valence-corrected chi connectivity index (χ2v) is 9.52. The topological polar surface area (TPSA) is 86.8 Å². The number of carbonyl (C=O) groups excluding carboxylic acids is 2. The van der Waals surface area contributed by atoms with Gasteiger partial charge in [-0.1, -0.05) is 24.3 Å². The van der Waals surface area contributed by atoms with Gasteiger partial charge in [0, 0.05) is 26.1 Å². The van der Waals surface area contributed by atoms with Gasteiger partial charge in [0.25, 0.3) is 0 Å². The lowest BCUT2D eigenvalue weighted by atomic mass is 10.1. The van der Waals surface area contributed by atoms with Crippen molar-refractivity contribution in [2.24, 2.45) is 0 Å². The molecule has 0 saturated heterocycles. The molecule has 2 rings (SSSR count). The monoisotopic (exact) mass is 481 g/mol. The summed E-state index contributed by atoms with van der Waals surface area (Å²) in [7, 11) is -3.78. The van der Waals surface area contributed by atoms with Gasteiger partial charge >= 0.3 is 0 Å². The summed E-state index contributed by atoms with van der Waals surface area (Å²) in [4.78, 5) is 26.8. The van der Waals surface area contributed by atoms with Gasteiger partial charge in [-0.15, -0.1) is 0 Å². The summed E-state index contributed by atoms with van der Waals surface area (Å²) in [5.74, 6) is -1.81. The molecule has 1 N–H and O–H groups in total. The maximum atomic E-state index is 14.2. The Bertz CT molecular complexity index is 1060. The van der Waals surface area contributed by atoms with Crippen molar-refractivity contribution in [1.29, 1.82) is 0 Å². The molecule has 0 aromatic heterocycles. The molecular weight excluding hydrogens is 452 g/mol. The molecule has 0 unspecified atom stereocenters. The number of halogens is 2. The van der Waals surface area contributed by atoms with E-state index in [4.69, 9.17) is 0 Å². The maximum Gasteiger partial charge on any atom is 0.242 e. The van der Waals surface area contributed by atoms with E-state index in [1.807, 2.05) is 0 Å². The van der Waals surface area contributed by atoms with E-state index < -0.39 is 27.7 Å². The molecule has 0 aliphatic carbocycles. The van der Waals surface area contributed by atoms with E-state index in [2.05, 4.69) is 5.32 Å². The van der Waals surface area contributed by atoms with E-state index in [0.29, 0.717) is 12.1 Å². The standard InChI is InChI=1S/C23H29F2N3O4S/c1-4-26-23(30)17(2)27(16-18-11-13-19(24)14-12-18)22(29)10-7-15-28(33(3,31)32)21-9-6-5-8-20(21)25/h5-6,8-9,11-14,17H,4,7,10,15-16H2,1-3H3,(H,26,30)/t17-/m1/s1. The number of anilines is 1. The second kappa shape index (κ2) is 11.7. The zero-order chi connectivity index (χ0) is 24.6. The number of hydrogen-bond donors (Lipinski definition) is 1. The van der Waals surface area contributed by atoms with Crippen LogP contribution in [0.1, 0.15) is 32.3 Å². The lowest BCUT2D eigenvalue weighted by Crippen LogP contribution is -2.47. The Kier molecular flexibility index (Phi) is 9.33. The van der Waals surface area contributed by atoms with Crippen LogP contribution in [0.2, 0.25) is 0 Å². The average Bonchev–Trinajstić information content (AvgIpc) is 2.76. The molecule has 10 heteroatoms. The number of nitrogens with zero attached hydrogens (tertiary/aromatic N) is 2. The molecule has 180 valence electrons. The Hall–Kier alpha value is -3.01. The molecule has 7 nitrogen and oxygen atoms in total. The average molecular weight is 482 g/mol. The van der Waals surface area contributed by atoms with Crippen molar-refractivity contribution in [2.75, 3.05) is 23.7 Å². The molecule has 0 aliphatic heterocycles. The van der Waals surface area contributed by atoms with Crippen LogP contribution in [-0.4, -0.2) is 50.5 Å². The highest BCUT2D eigenvalue weighted by molar-refractivity contribution is 7.92. The van der Waals surface area contributed by atoms with Crippen LogP contribution in [0, 0.1) is 11.6 Å². The van der Waals surface area contributed by atoms with E-state index in [9.17, 15) is 26.8 Å². The third-order valence-corrected chi connectivity index (χ3v) is 6.24. The molecule has 0 saturated carbocycles. The van der Waals surface area contributed by atoms with Gasteiger partial charge in [0.2, 0.25) is 21.8 Å². The first-order valence-electron chi connectivity index (χ1n) is 10.6. The van der Waals surface area contributed by atoms with Gasteiger partial charge in [0.1, 0.15) is 17.7 Å². The predicted molar refractivity (Wildman–Crippen MR) is 123 cm³/mol. The molecule has 0 fully saturated rings. The SMILES string of the molecule is CCNC(=O)[C@@H](C)N(Cc1ccc(F)cc1)C(=O)CCCN(c1ccccc1F)S(C)(=O)=O. The molecule has 0 spiro atoms. The normalized spacial score (nSPS) is 12.2. The summed E-state index contributed by atoms with van der Waals surface area (Å²) >= 11 is 0. The van der Waals surface area contributed by atoms with Crippen LogP contribution in [0.25, 0.3) is 0 Å². The van der Waals surface area contributed by atoms with E-state index in [0.717, 1.165) is 16.6 Å². The highest BCUT2D eigenvalue weighted by Gasteiger charge is 2.26. The fourth-order valence-corrected chi connectivity index (χ4v) is 4.29. The van der Waals surface area contributed by atoms with Crippen LogP contribution in [0.4, 0.5) is 14.5 Å². The van der Waals surface area contributed by atoms with Crippen molar-refractivity contribution >= 4 is 27.5 Å². The van der Waals surface area contributed by atoms with Crippen molar-refractivity contribution in [3.05, 3.63) is 65.7 Å². The highest BCUT2D eigenvalue weighted by atomic mass is 32.2. The first kappa shape index (κ1) is 26.2. The number of hydrogen-bond acceptors (Lipinski definition) is 4. The largest absolute Gasteiger partial charge is 0.355 e. The van der Waals surface area contributed by atoms with Gasteiger partial charge in [0.05, 0.1) is 11.9 Å². The summed E-state index contributed by atoms with van der Waals surface area (Å²) in [5.41, 5.74) is 0.552. The van der Waals surface area contributed by atoms with Crippen LogP contribution in [0.3, 0.4) is 0 Å². The lowest BCUT2D eigenvalue weighted by molar-refractivity contribution is -0.140. The number of para-hydroxylation sites is 1. The Labute approximate surface area is 193 Å². The zero-order valence-electron chi connectivity index (χ0n) is 18.9. The smallest absolute Gasteiger partial charge is 0.242 e. The van der Waals surface area contributed by atoms with Crippen LogP contribution < -0.4 is 9.62 Å². The molecular formula is C23H29F2N3O4S. The van der Waals surface area contributed by atoms with E-state index in [1.165, 1.54) is 47.4 Å². The molecule has 33 heavy (non-hydrogen) atoms. The Morgan fingerprint density at radius 2 is 1.70 bits per heavy atom. The minimum Gasteiger partial charge on any atom is -0.355 e. The Morgan fingerprint density at radius 3 is 2.27 bits per heavy atom. The van der Waals surface area contributed by atoms with Crippen molar-refractivity contribution in [1.82, 2.24) is 10.2 Å². The van der Waals surface area contributed by atoms with Crippen LogP contribution in [-0.2, 0) is 26.2 Å². The summed E-state index contributed by atoms with van der Waals surface area (Å²) in [5, 5.41) is 2.68. The fraction of sp³-hybridized carbons (Fsp3) is 0.391. The van der Waals surface area contributed by atoms with Crippen molar-refractivity contribution in [3.8, 4) is 0 Å². The van der Waals surface area contributed by atoms with Gasteiger partial charge in [-0.3, -0.25) is 13.9 Å². The van der Waals surface area contributed by atoms with E-state index in [-0.39, 0.29) is 43.4 Å². The minimum absolute atomic E-state index is 0.0641. The molecule has 2 aromatic rings. The van der Waals surface area contributed by atoms with E-state index >= 15 is 0 Å². The Balaban J connectivity index is 2.15. The van der Waals surface area contributed by atoms with Gasteiger partial charge in [0.15, 0.2) is 0 Å². The number of carbonyl (C=O) groups is 2. The zero-order valence-corrected chi connectivity index (χ0v) is 19.7. The van der Waals surface area contributed by atoms with Gasteiger partial charge in [-0.2, -0.15) is 0 Å². The summed E-state index contributed by atoms with van der Waals surface area (Å²) in [6.45, 7) is 3.73. The molecule has 0 heterocycles. The third kappa shape index (κ3) is 7.52. The minimum atomic E-state index is -3.78. The van der Waals surface area contributed by atoms with E-state index in [1.54, 1.807) is 13.8 Å². The number of likely N-dealkylation sites (N-methyl/N-ethyl adjacent to an activating group) is 1. The van der Waals surface area contributed by atoms with Crippen LogP contribution in [0.5, 0.6) is 0 Å².